The number of nitrogens with one attached hydrogen (secondary N) is 1. The summed E-state index contributed by atoms with van der Waals surface area (Å²) in [4.78, 5) is 26.6. The van der Waals surface area contributed by atoms with Crippen molar-refractivity contribution in [2.75, 3.05) is 25.9 Å². The van der Waals surface area contributed by atoms with Gasteiger partial charge in [-0.05, 0) is 45.0 Å². The van der Waals surface area contributed by atoms with Crippen molar-refractivity contribution in [3.8, 4) is 0 Å². The van der Waals surface area contributed by atoms with E-state index in [0.717, 1.165) is 17.9 Å². The van der Waals surface area contributed by atoms with E-state index in [4.69, 9.17) is 5.73 Å². The summed E-state index contributed by atoms with van der Waals surface area (Å²) < 4.78 is 0. The minimum Gasteiger partial charge on any atom is -0.369 e. The zero-order valence-corrected chi connectivity index (χ0v) is 15.8. The number of nitrogens with zero attached hydrogens (tertiary/aromatic N) is 1. The van der Waals surface area contributed by atoms with Gasteiger partial charge in [-0.2, -0.15) is 0 Å². The number of rotatable bonds is 9. The molecule has 1 aromatic carbocycles. The van der Waals surface area contributed by atoms with Crippen molar-refractivity contribution in [2.45, 2.75) is 49.5 Å². The van der Waals surface area contributed by atoms with E-state index in [-0.39, 0.29) is 17.6 Å². The summed E-state index contributed by atoms with van der Waals surface area (Å²) in [6.45, 7) is 1.66. The van der Waals surface area contributed by atoms with Gasteiger partial charge in [0.1, 0.15) is 0 Å². The third kappa shape index (κ3) is 6.71. The first-order chi connectivity index (χ1) is 12.1. The van der Waals surface area contributed by atoms with Gasteiger partial charge >= 0.3 is 0 Å². The molecule has 3 N–H and O–H groups in total. The number of carbonyl (C=O) groups is 2. The fourth-order valence-corrected chi connectivity index (χ4v) is 4.05. The van der Waals surface area contributed by atoms with Gasteiger partial charge in [0.25, 0.3) is 5.91 Å². The van der Waals surface area contributed by atoms with Gasteiger partial charge in [-0.15, -0.1) is 11.8 Å². The number of amides is 2. The molecule has 2 rings (SSSR count). The van der Waals surface area contributed by atoms with Crippen molar-refractivity contribution in [1.29, 1.82) is 0 Å². The fourth-order valence-electron chi connectivity index (χ4n) is 3.26. The molecule has 0 radical (unpaired) electrons. The van der Waals surface area contributed by atoms with Crippen LogP contribution in [0.15, 0.2) is 29.2 Å². The topological polar surface area (TPSA) is 75.4 Å². The monoisotopic (exact) mass is 363 g/mol. The largest absolute Gasteiger partial charge is 0.369 e. The Morgan fingerprint density at radius 2 is 1.96 bits per heavy atom. The molecule has 138 valence electrons. The Morgan fingerprint density at radius 1 is 1.24 bits per heavy atom. The molecular weight excluding hydrogens is 334 g/mol. The summed E-state index contributed by atoms with van der Waals surface area (Å²) in [6, 6.07) is 8.03. The van der Waals surface area contributed by atoms with Crippen LogP contribution < -0.4 is 11.1 Å². The van der Waals surface area contributed by atoms with Crippen LogP contribution in [0.25, 0.3) is 0 Å². The second-order valence-electron chi connectivity index (χ2n) is 6.63. The predicted molar refractivity (Wildman–Crippen MR) is 103 cm³/mol. The minimum atomic E-state index is -0.383. The van der Waals surface area contributed by atoms with Crippen molar-refractivity contribution in [2.24, 2.45) is 5.73 Å². The third-order valence-electron chi connectivity index (χ3n) is 4.67. The fraction of sp³-hybridized carbons (Fsp3) is 0.579. The van der Waals surface area contributed by atoms with Gasteiger partial charge < -0.3 is 16.0 Å². The lowest BCUT2D eigenvalue weighted by Crippen LogP contribution is -2.35. The predicted octanol–water partition coefficient (Wildman–Crippen LogP) is 2.65. The van der Waals surface area contributed by atoms with Crippen molar-refractivity contribution in [3.05, 3.63) is 29.8 Å². The van der Waals surface area contributed by atoms with Crippen molar-refractivity contribution in [1.82, 2.24) is 10.2 Å². The zero-order valence-electron chi connectivity index (χ0n) is 15.0. The molecule has 1 aromatic rings. The second kappa shape index (κ2) is 10.5. The Labute approximate surface area is 154 Å². The van der Waals surface area contributed by atoms with Crippen molar-refractivity contribution in [3.63, 3.8) is 0 Å². The zero-order chi connectivity index (χ0) is 18.1. The first-order valence-electron chi connectivity index (χ1n) is 9.06. The average Bonchev–Trinajstić information content (AvgIpc) is 2.64. The number of benzene rings is 1. The summed E-state index contributed by atoms with van der Waals surface area (Å²) >= 11 is 1.30. The molecule has 0 heterocycles. The highest BCUT2D eigenvalue weighted by Crippen LogP contribution is 2.23. The van der Waals surface area contributed by atoms with Crippen LogP contribution in [0.2, 0.25) is 0 Å². The van der Waals surface area contributed by atoms with Crippen LogP contribution in [0.3, 0.4) is 0 Å². The Balaban J connectivity index is 1.75. The van der Waals surface area contributed by atoms with E-state index in [1.54, 1.807) is 6.07 Å². The van der Waals surface area contributed by atoms with Gasteiger partial charge in [0.05, 0.1) is 11.3 Å². The molecule has 0 aromatic heterocycles. The minimum absolute atomic E-state index is 0.0899. The standard InChI is InChI=1S/C19H29N3O2S/c1-22(15-8-3-2-4-9-15)13-7-12-21-19(24)16-10-5-6-11-17(16)25-14-18(20)23/h5-6,10-11,15H,2-4,7-9,12-14H2,1H3,(H2,20,23)(H,21,24). The molecule has 0 bridgehead atoms. The lowest BCUT2D eigenvalue weighted by atomic mass is 9.94. The van der Waals surface area contributed by atoms with Crippen molar-refractivity contribution >= 4 is 23.6 Å². The van der Waals surface area contributed by atoms with Gasteiger partial charge in [0.2, 0.25) is 5.91 Å². The molecule has 2 amide bonds. The van der Waals surface area contributed by atoms with Crippen LogP contribution in [-0.2, 0) is 4.79 Å². The summed E-state index contributed by atoms with van der Waals surface area (Å²) in [6.07, 6.45) is 7.58. The number of hydrogen-bond acceptors (Lipinski definition) is 4. The molecule has 1 saturated carbocycles. The van der Waals surface area contributed by atoms with E-state index in [1.165, 1.54) is 43.9 Å². The smallest absolute Gasteiger partial charge is 0.252 e. The first kappa shape index (κ1) is 19.8. The summed E-state index contributed by atoms with van der Waals surface area (Å²) in [5.74, 6) is -0.296. The number of nitrogens with two attached hydrogens (primary N) is 1. The quantitative estimate of drug-likeness (QED) is 0.522. The molecule has 0 spiro atoms. The SMILES string of the molecule is CN(CCCNC(=O)c1ccccc1SCC(N)=O)C1CCCCC1. The molecule has 25 heavy (non-hydrogen) atoms. The van der Waals surface area contributed by atoms with Crippen LogP contribution in [0, 0.1) is 0 Å². The molecule has 6 heteroatoms. The van der Waals surface area contributed by atoms with Crippen LogP contribution in [0.1, 0.15) is 48.9 Å². The molecule has 0 unspecified atom stereocenters. The van der Waals surface area contributed by atoms with E-state index in [1.807, 2.05) is 18.2 Å². The summed E-state index contributed by atoms with van der Waals surface area (Å²) in [5.41, 5.74) is 5.80. The highest BCUT2D eigenvalue weighted by Gasteiger charge is 2.17. The van der Waals surface area contributed by atoms with Gasteiger partial charge in [0.15, 0.2) is 0 Å². The van der Waals surface area contributed by atoms with Gasteiger partial charge in [0, 0.05) is 17.5 Å². The molecule has 1 aliphatic rings. The van der Waals surface area contributed by atoms with Gasteiger partial charge in [-0.3, -0.25) is 9.59 Å². The number of hydrogen-bond donors (Lipinski definition) is 2. The second-order valence-corrected chi connectivity index (χ2v) is 7.65. The Morgan fingerprint density at radius 3 is 2.68 bits per heavy atom. The van der Waals surface area contributed by atoms with E-state index >= 15 is 0 Å². The van der Waals surface area contributed by atoms with Crippen LogP contribution in [-0.4, -0.2) is 48.6 Å². The van der Waals surface area contributed by atoms with E-state index in [0.29, 0.717) is 18.2 Å². The molecule has 1 aliphatic carbocycles. The molecule has 0 aliphatic heterocycles. The highest BCUT2D eigenvalue weighted by atomic mass is 32.2. The summed E-state index contributed by atoms with van der Waals surface area (Å²) in [7, 11) is 2.19. The Hall–Kier alpha value is -1.53. The average molecular weight is 364 g/mol. The molecule has 0 saturated heterocycles. The lowest BCUT2D eigenvalue weighted by molar-refractivity contribution is -0.115. The molecule has 5 nitrogen and oxygen atoms in total. The number of primary amides is 1. The molecule has 0 atom stereocenters. The Bertz CT molecular complexity index is 574. The maximum atomic E-state index is 12.4. The van der Waals surface area contributed by atoms with E-state index in [2.05, 4.69) is 17.3 Å². The van der Waals surface area contributed by atoms with Crippen LogP contribution >= 0.6 is 11.8 Å². The first-order valence-corrected chi connectivity index (χ1v) is 10.0. The van der Waals surface area contributed by atoms with Crippen LogP contribution in [0.4, 0.5) is 0 Å². The van der Waals surface area contributed by atoms with E-state index in [9.17, 15) is 9.59 Å². The normalized spacial score (nSPS) is 15.3. The van der Waals surface area contributed by atoms with Gasteiger partial charge in [-0.1, -0.05) is 31.4 Å². The maximum Gasteiger partial charge on any atom is 0.252 e. The maximum absolute atomic E-state index is 12.4. The summed E-state index contributed by atoms with van der Waals surface area (Å²) in [5, 5.41) is 2.99. The molecule has 1 fully saturated rings. The van der Waals surface area contributed by atoms with Crippen LogP contribution in [0.5, 0.6) is 0 Å². The number of thioether (sulfide) groups is 1. The number of carbonyl (C=O) groups excluding carboxylic acids is 2. The lowest BCUT2D eigenvalue weighted by Gasteiger charge is -2.31. The Kier molecular flexibility index (Phi) is 8.28. The third-order valence-corrected chi connectivity index (χ3v) is 5.77. The highest BCUT2D eigenvalue weighted by molar-refractivity contribution is 8.00. The molecular formula is C19H29N3O2S. The van der Waals surface area contributed by atoms with E-state index < -0.39 is 0 Å². The van der Waals surface area contributed by atoms with Gasteiger partial charge in [-0.25, -0.2) is 0 Å². The van der Waals surface area contributed by atoms with Crippen molar-refractivity contribution < 1.29 is 9.59 Å².